The van der Waals surface area contributed by atoms with Gasteiger partial charge in [-0.3, -0.25) is 4.79 Å². The molecule has 3 aromatic rings. The summed E-state index contributed by atoms with van der Waals surface area (Å²) < 4.78 is 15.1. The van der Waals surface area contributed by atoms with E-state index in [0.717, 1.165) is 11.3 Å². The first-order chi connectivity index (χ1) is 10.6. The second-order valence-corrected chi connectivity index (χ2v) is 4.69. The number of halogens is 1. The molecule has 2 aromatic carbocycles. The van der Waals surface area contributed by atoms with Gasteiger partial charge in [0.15, 0.2) is 0 Å². The maximum atomic E-state index is 13.6. The molecule has 0 aliphatic rings. The van der Waals surface area contributed by atoms with Crippen LogP contribution in [0.4, 0.5) is 10.1 Å². The Hall–Kier alpha value is -3.09. The Morgan fingerprint density at radius 1 is 1.23 bits per heavy atom. The molecule has 0 fully saturated rings. The van der Waals surface area contributed by atoms with Crippen LogP contribution in [-0.4, -0.2) is 26.1 Å². The summed E-state index contributed by atoms with van der Waals surface area (Å²) >= 11 is 0. The maximum absolute atomic E-state index is 13.6. The molecule has 0 atom stereocenters. The van der Waals surface area contributed by atoms with E-state index < -0.39 is 11.7 Å². The number of nitrogens with one attached hydrogen (secondary N) is 1. The Kier molecular flexibility index (Phi) is 3.61. The highest BCUT2D eigenvalue weighted by Gasteiger charge is 2.12. The van der Waals surface area contributed by atoms with Crippen molar-refractivity contribution >= 4 is 11.6 Å². The minimum atomic E-state index is -0.554. The molecule has 0 saturated heterocycles. The van der Waals surface area contributed by atoms with Gasteiger partial charge < -0.3 is 5.32 Å². The van der Waals surface area contributed by atoms with E-state index in [9.17, 15) is 9.18 Å². The van der Waals surface area contributed by atoms with Gasteiger partial charge in [-0.25, -0.2) is 9.07 Å². The van der Waals surface area contributed by atoms with Gasteiger partial charge in [-0.2, -0.15) is 0 Å². The van der Waals surface area contributed by atoms with Crippen LogP contribution in [0.2, 0.25) is 0 Å². The third-order valence-electron chi connectivity index (χ3n) is 3.17. The molecular weight excluding hydrogens is 285 g/mol. The van der Waals surface area contributed by atoms with Crippen LogP contribution in [0.3, 0.4) is 0 Å². The van der Waals surface area contributed by atoms with Gasteiger partial charge in [0.2, 0.25) is 0 Å². The van der Waals surface area contributed by atoms with E-state index in [4.69, 9.17) is 0 Å². The number of tetrazole rings is 1. The topological polar surface area (TPSA) is 72.7 Å². The van der Waals surface area contributed by atoms with E-state index in [1.807, 2.05) is 6.92 Å². The van der Waals surface area contributed by atoms with Crippen LogP contribution in [-0.2, 0) is 0 Å². The maximum Gasteiger partial charge on any atom is 0.258 e. The molecule has 0 spiro atoms. The summed E-state index contributed by atoms with van der Waals surface area (Å²) in [6.45, 7) is 1.87. The Morgan fingerprint density at radius 2 is 2.05 bits per heavy atom. The number of carbonyl (C=O) groups is 1. The molecule has 1 N–H and O–H groups in total. The first kappa shape index (κ1) is 13.9. The quantitative estimate of drug-likeness (QED) is 0.805. The average Bonchev–Trinajstić information content (AvgIpc) is 3.01. The molecule has 0 aliphatic heterocycles. The van der Waals surface area contributed by atoms with Crippen LogP contribution in [0.1, 0.15) is 15.9 Å². The number of rotatable bonds is 3. The highest BCUT2D eigenvalue weighted by atomic mass is 19.1. The SMILES string of the molecule is Cc1cc(NC(=O)c2ccccc2F)ccc1-n1cnnn1. The summed E-state index contributed by atoms with van der Waals surface area (Å²) in [6.07, 6.45) is 1.49. The molecular formula is C15H12FN5O. The van der Waals surface area contributed by atoms with Gasteiger partial charge >= 0.3 is 0 Å². The molecule has 0 saturated carbocycles. The predicted molar refractivity (Wildman–Crippen MR) is 78.2 cm³/mol. The van der Waals surface area contributed by atoms with Gasteiger partial charge in [0.1, 0.15) is 12.1 Å². The van der Waals surface area contributed by atoms with Crippen LogP contribution in [0.15, 0.2) is 48.8 Å². The monoisotopic (exact) mass is 297 g/mol. The smallest absolute Gasteiger partial charge is 0.258 e. The van der Waals surface area contributed by atoms with Crippen molar-refractivity contribution in [2.24, 2.45) is 0 Å². The summed E-state index contributed by atoms with van der Waals surface area (Å²) in [4.78, 5) is 12.1. The number of aryl methyl sites for hydroxylation is 1. The lowest BCUT2D eigenvalue weighted by molar-refractivity contribution is 0.102. The summed E-state index contributed by atoms with van der Waals surface area (Å²) in [7, 11) is 0. The van der Waals surface area contributed by atoms with Crippen molar-refractivity contribution in [3.8, 4) is 5.69 Å². The number of nitrogens with zero attached hydrogens (tertiary/aromatic N) is 4. The molecule has 0 unspecified atom stereocenters. The van der Waals surface area contributed by atoms with Crippen molar-refractivity contribution in [3.63, 3.8) is 0 Å². The number of hydrogen-bond acceptors (Lipinski definition) is 4. The van der Waals surface area contributed by atoms with E-state index in [0.29, 0.717) is 5.69 Å². The first-order valence-electron chi connectivity index (χ1n) is 6.55. The van der Waals surface area contributed by atoms with Crippen molar-refractivity contribution in [2.45, 2.75) is 6.92 Å². The third-order valence-corrected chi connectivity index (χ3v) is 3.17. The van der Waals surface area contributed by atoms with Crippen LogP contribution >= 0.6 is 0 Å². The average molecular weight is 297 g/mol. The van der Waals surface area contributed by atoms with Crippen molar-refractivity contribution in [1.29, 1.82) is 0 Å². The third kappa shape index (κ3) is 2.69. The lowest BCUT2D eigenvalue weighted by Gasteiger charge is -2.09. The van der Waals surface area contributed by atoms with Crippen molar-refractivity contribution < 1.29 is 9.18 Å². The van der Waals surface area contributed by atoms with E-state index in [1.54, 1.807) is 24.3 Å². The van der Waals surface area contributed by atoms with Crippen molar-refractivity contribution in [2.75, 3.05) is 5.32 Å². The minimum Gasteiger partial charge on any atom is -0.322 e. The molecule has 0 aliphatic carbocycles. The Morgan fingerprint density at radius 3 is 2.73 bits per heavy atom. The fourth-order valence-electron chi connectivity index (χ4n) is 2.11. The summed E-state index contributed by atoms with van der Waals surface area (Å²) in [6, 6.07) is 11.1. The lowest BCUT2D eigenvalue weighted by atomic mass is 10.1. The molecule has 6 nitrogen and oxygen atoms in total. The fraction of sp³-hybridized carbons (Fsp3) is 0.0667. The van der Waals surface area contributed by atoms with Gasteiger partial charge in [-0.05, 0) is 53.2 Å². The first-order valence-corrected chi connectivity index (χ1v) is 6.55. The second-order valence-electron chi connectivity index (χ2n) is 4.69. The zero-order valence-electron chi connectivity index (χ0n) is 11.7. The number of aromatic nitrogens is 4. The molecule has 7 heteroatoms. The van der Waals surface area contributed by atoms with E-state index >= 15 is 0 Å². The van der Waals surface area contributed by atoms with E-state index in [1.165, 1.54) is 29.2 Å². The van der Waals surface area contributed by atoms with Crippen LogP contribution in [0.25, 0.3) is 5.69 Å². The second kappa shape index (κ2) is 5.72. The van der Waals surface area contributed by atoms with Gasteiger partial charge in [-0.15, -0.1) is 5.10 Å². The summed E-state index contributed by atoms with van der Waals surface area (Å²) in [5, 5.41) is 13.6. The molecule has 1 aromatic heterocycles. The van der Waals surface area contributed by atoms with Crippen LogP contribution < -0.4 is 5.32 Å². The molecule has 3 rings (SSSR count). The number of carbonyl (C=O) groups excluding carboxylic acids is 1. The van der Waals surface area contributed by atoms with Crippen molar-refractivity contribution in [3.05, 3.63) is 65.7 Å². The van der Waals surface area contributed by atoms with Gasteiger partial charge in [0, 0.05) is 5.69 Å². The predicted octanol–water partition coefficient (Wildman–Crippen LogP) is 2.36. The number of amides is 1. The number of anilines is 1. The van der Waals surface area contributed by atoms with Crippen LogP contribution in [0.5, 0.6) is 0 Å². The lowest BCUT2D eigenvalue weighted by Crippen LogP contribution is -2.14. The van der Waals surface area contributed by atoms with Crippen molar-refractivity contribution in [1.82, 2.24) is 20.2 Å². The summed E-state index contributed by atoms with van der Waals surface area (Å²) in [5.41, 5.74) is 2.25. The molecule has 22 heavy (non-hydrogen) atoms. The standard InChI is InChI=1S/C15H12FN5O/c1-10-8-11(6-7-14(10)21-9-17-19-20-21)18-15(22)12-4-2-3-5-13(12)16/h2-9H,1H3,(H,18,22). The highest BCUT2D eigenvalue weighted by Crippen LogP contribution is 2.19. The highest BCUT2D eigenvalue weighted by molar-refractivity contribution is 6.04. The largest absolute Gasteiger partial charge is 0.322 e. The molecule has 110 valence electrons. The van der Waals surface area contributed by atoms with E-state index in [2.05, 4.69) is 20.8 Å². The molecule has 1 amide bonds. The Bertz CT molecular complexity index is 817. The van der Waals surface area contributed by atoms with Crippen LogP contribution in [0, 0.1) is 12.7 Å². The normalized spacial score (nSPS) is 10.5. The Balaban J connectivity index is 1.83. The number of hydrogen-bond donors (Lipinski definition) is 1. The zero-order valence-corrected chi connectivity index (χ0v) is 11.7. The van der Waals surface area contributed by atoms with Gasteiger partial charge in [0.25, 0.3) is 5.91 Å². The molecule has 1 heterocycles. The molecule has 0 bridgehead atoms. The number of benzene rings is 2. The minimum absolute atomic E-state index is 0.00436. The summed E-state index contributed by atoms with van der Waals surface area (Å²) in [5.74, 6) is -1.05. The zero-order chi connectivity index (χ0) is 15.5. The Labute approximate surface area is 125 Å². The van der Waals surface area contributed by atoms with Gasteiger partial charge in [-0.1, -0.05) is 12.1 Å². The molecule has 0 radical (unpaired) electrons. The van der Waals surface area contributed by atoms with Gasteiger partial charge in [0.05, 0.1) is 11.3 Å². The fourth-order valence-corrected chi connectivity index (χ4v) is 2.11. The van der Waals surface area contributed by atoms with E-state index in [-0.39, 0.29) is 5.56 Å².